The maximum Gasteiger partial charge on any atom is 0.471 e. The Morgan fingerprint density at radius 1 is 1.00 bits per heavy atom. The molecule has 1 aromatic carbocycles. The first-order valence-corrected chi connectivity index (χ1v) is 7.90. The van der Waals surface area contributed by atoms with Crippen molar-refractivity contribution >= 4 is 23.2 Å². The van der Waals surface area contributed by atoms with Crippen LogP contribution in [0.3, 0.4) is 0 Å². The molecule has 1 N–H and O–H groups in total. The first kappa shape index (κ1) is 17.8. The minimum Gasteiger partial charge on any atom is -0.459 e. The Bertz CT molecular complexity index is 765. The third-order valence-corrected chi connectivity index (χ3v) is 4.05. The van der Waals surface area contributed by atoms with Gasteiger partial charge in [0.2, 0.25) is 0 Å². The maximum atomic E-state index is 12.2. The average molecular weight is 367 g/mol. The van der Waals surface area contributed by atoms with Crippen LogP contribution in [0.1, 0.15) is 10.6 Å². The molecule has 2 amide bonds. The van der Waals surface area contributed by atoms with Gasteiger partial charge in [0, 0.05) is 37.6 Å². The molecule has 26 heavy (non-hydrogen) atoms. The molecular formula is C17H16F3N3O3. The van der Waals surface area contributed by atoms with Gasteiger partial charge >= 0.3 is 12.1 Å². The van der Waals surface area contributed by atoms with E-state index in [0.717, 1.165) is 5.69 Å². The number of amides is 2. The van der Waals surface area contributed by atoms with E-state index in [9.17, 15) is 22.8 Å². The zero-order valence-corrected chi connectivity index (χ0v) is 13.6. The quantitative estimate of drug-likeness (QED) is 0.906. The van der Waals surface area contributed by atoms with Crippen LogP contribution in [-0.2, 0) is 4.79 Å². The molecular weight excluding hydrogens is 351 g/mol. The van der Waals surface area contributed by atoms with E-state index in [1.807, 2.05) is 4.90 Å². The van der Waals surface area contributed by atoms with Crippen molar-refractivity contribution in [1.82, 2.24) is 4.90 Å². The van der Waals surface area contributed by atoms with Crippen LogP contribution >= 0.6 is 0 Å². The Hall–Kier alpha value is -2.97. The summed E-state index contributed by atoms with van der Waals surface area (Å²) >= 11 is 0. The number of hydrogen-bond acceptors (Lipinski definition) is 4. The van der Waals surface area contributed by atoms with E-state index in [1.54, 1.807) is 34.5 Å². The summed E-state index contributed by atoms with van der Waals surface area (Å²) < 4.78 is 41.9. The second-order valence-electron chi connectivity index (χ2n) is 5.76. The number of rotatable bonds is 3. The number of benzene rings is 1. The van der Waals surface area contributed by atoms with E-state index in [4.69, 9.17) is 4.42 Å². The standard InChI is InChI=1S/C17H16F3N3O3/c18-17(19,20)16(25)21-12-3-5-13(6-4-12)22-7-9-23(10-8-22)15(24)14-2-1-11-26-14/h1-6,11H,7-10H2,(H,21,25). The van der Waals surface area contributed by atoms with Crippen LogP contribution in [-0.4, -0.2) is 49.1 Å². The van der Waals surface area contributed by atoms with Crippen molar-refractivity contribution < 1.29 is 27.2 Å². The highest BCUT2D eigenvalue weighted by Gasteiger charge is 2.38. The van der Waals surface area contributed by atoms with Gasteiger partial charge in [-0.25, -0.2) is 0 Å². The van der Waals surface area contributed by atoms with Gasteiger partial charge in [0.1, 0.15) is 0 Å². The highest BCUT2D eigenvalue weighted by atomic mass is 19.4. The van der Waals surface area contributed by atoms with Crippen molar-refractivity contribution in [2.24, 2.45) is 0 Å². The third kappa shape index (κ3) is 3.98. The summed E-state index contributed by atoms with van der Waals surface area (Å²) in [6.07, 6.45) is -3.47. The predicted molar refractivity (Wildman–Crippen MR) is 88.0 cm³/mol. The number of hydrogen-bond donors (Lipinski definition) is 1. The van der Waals surface area contributed by atoms with Crippen molar-refractivity contribution in [2.45, 2.75) is 6.18 Å². The molecule has 0 atom stereocenters. The summed E-state index contributed by atoms with van der Waals surface area (Å²) in [6, 6.07) is 9.37. The first-order valence-electron chi connectivity index (χ1n) is 7.90. The lowest BCUT2D eigenvalue weighted by Crippen LogP contribution is -2.48. The number of carbonyl (C=O) groups is 2. The highest BCUT2D eigenvalue weighted by molar-refractivity contribution is 5.95. The fraction of sp³-hybridized carbons (Fsp3) is 0.294. The van der Waals surface area contributed by atoms with Gasteiger partial charge < -0.3 is 19.5 Å². The Balaban J connectivity index is 1.56. The Kier molecular flexibility index (Phi) is 4.88. The summed E-state index contributed by atoms with van der Waals surface area (Å²) in [7, 11) is 0. The van der Waals surface area contributed by atoms with E-state index >= 15 is 0 Å². The van der Waals surface area contributed by atoms with Crippen molar-refractivity contribution in [3.8, 4) is 0 Å². The van der Waals surface area contributed by atoms with E-state index in [1.165, 1.54) is 18.4 Å². The molecule has 1 aliphatic rings. The van der Waals surface area contributed by atoms with Crippen molar-refractivity contribution in [3.05, 3.63) is 48.4 Å². The number of halogens is 3. The highest BCUT2D eigenvalue weighted by Crippen LogP contribution is 2.22. The maximum absolute atomic E-state index is 12.2. The van der Waals surface area contributed by atoms with Crippen molar-refractivity contribution in [2.75, 3.05) is 36.4 Å². The number of piperazine rings is 1. The van der Waals surface area contributed by atoms with E-state index in [-0.39, 0.29) is 11.6 Å². The normalized spacial score (nSPS) is 15.0. The monoisotopic (exact) mass is 367 g/mol. The van der Waals surface area contributed by atoms with Crippen LogP contribution in [0.15, 0.2) is 47.1 Å². The number of anilines is 2. The lowest BCUT2D eigenvalue weighted by molar-refractivity contribution is -0.167. The third-order valence-electron chi connectivity index (χ3n) is 4.05. The Morgan fingerprint density at radius 3 is 2.19 bits per heavy atom. The SMILES string of the molecule is O=C(c1ccco1)N1CCN(c2ccc(NC(=O)C(F)(F)F)cc2)CC1. The molecule has 6 nitrogen and oxygen atoms in total. The van der Waals surface area contributed by atoms with Gasteiger partial charge in [-0.3, -0.25) is 9.59 Å². The molecule has 3 rings (SSSR count). The summed E-state index contributed by atoms with van der Waals surface area (Å²) in [5.41, 5.74) is 0.878. The molecule has 0 aliphatic carbocycles. The molecule has 0 unspecified atom stereocenters. The molecule has 0 radical (unpaired) electrons. The van der Waals surface area contributed by atoms with Crippen molar-refractivity contribution in [1.29, 1.82) is 0 Å². The lowest BCUT2D eigenvalue weighted by Gasteiger charge is -2.35. The molecule has 138 valence electrons. The number of nitrogens with zero attached hydrogens (tertiary/aromatic N) is 2. The average Bonchev–Trinajstić information content (AvgIpc) is 3.16. The fourth-order valence-electron chi connectivity index (χ4n) is 2.68. The minimum atomic E-state index is -4.92. The van der Waals surface area contributed by atoms with Gasteiger partial charge in [-0.1, -0.05) is 0 Å². The van der Waals surface area contributed by atoms with E-state index in [0.29, 0.717) is 31.9 Å². The van der Waals surface area contributed by atoms with Gasteiger partial charge in [-0.2, -0.15) is 13.2 Å². The van der Waals surface area contributed by atoms with Gasteiger partial charge in [-0.15, -0.1) is 0 Å². The number of furan rings is 1. The van der Waals surface area contributed by atoms with Gasteiger partial charge in [0.25, 0.3) is 5.91 Å². The lowest BCUT2D eigenvalue weighted by atomic mass is 10.2. The molecule has 0 spiro atoms. The van der Waals surface area contributed by atoms with Crippen LogP contribution in [0.4, 0.5) is 24.5 Å². The number of nitrogens with one attached hydrogen (secondary N) is 1. The van der Waals surface area contributed by atoms with Crippen LogP contribution < -0.4 is 10.2 Å². The van der Waals surface area contributed by atoms with Crippen LogP contribution in [0.5, 0.6) is 0 Å². The molecule has 9 heteroatoms. The van der Waals surface area contributed by atoms with E-state index < -0.39 is 12.1 Å². The van der Waals surface area contributed by atoms with Crippen LogP contribution in [0.25, 0.3) is 0 Å². The fourth-order valence-corrected chi connectivity index (χ4v) is 2.68. The molecule has 1 saturated heterocycles. The Labute approximate surface area is 147 Å². The van der Waals surface area contributed by atoms with Gasteiger partial charge in [0.15, 0.2) is 5.76 Å². The number of alkyl halides is 3. The zero-order valence-electron chi connectivity index (χ0n) is 13.6. The molecule has 2 heterocycles. The van der Waals surface area contributed by atoms with Crippen LogP contribution in [0.2, 0.25) is 0 Å². The summed E-state index contributed by atoms with van der Waals surface area (Å²) in [4.78, 5) is 26.8. The smallest absolute Gasteiger partial charge is 0.459 e. The predicted octanol–water partition coefficient (Wildman–Crippen LogP) is 2.74. The van der Waals surface area contributed by atoms with Gasteiger partial charge in [-0.05, 0) is 36.4 Å². The molecule has 1 aromatic heterocycles. The molecule has 0 bridgehead atoms. The van der Waals surface area contributed by atoms with Gasteiger partial charge in [0.05, 0.1) is 6.26 Å². The topological polar surface area (TPSA) is 65.8 Å². The molecule has 1 aliphatic heterocycles. The summed E-state index contributed by atoms with van der Waals surface area (Å²) in [5.74, 6) is -1.88. The molecule has 0 saturated carbocycles. The summed E-state index contributed by atoms with van der Waals surface area (Å²) in [5, 5.41) is 1.80. The Morgan fingerprint density at radius 2 is 1.65 bits per heavy atom. The number of carbonyl (C=O) groups excluding carboxylic acids is 2. The largest absolute Gasteiger partial charge is 0.471 e. The second kappa shape index (κ2) is 7.11. The minimum absolute atomic E-state index is 0.0720. The molecule has 1 fully saturated rings. The van der Waals surface area contributed by atoms with Crippen molar-refractivity contribution in [3.63, 3.8) is 0 Å². The zero-order chi connectivity index (χ0) is 18.7. The first-order chi connectivity index (χ1) is 12.3. The summed E-state index contributed by atoms with van der Waals surface area (Å²) in [6.45, 7) is 2.18. The van der Waals surface area contributed by atoms with Crippen LogP contribution in [0, 0.1) is 0 Å². The molecule has 2 aromatic rings. The van der Waals surface area contributed by atoms with E-state index in [2.05, 4.69) is 0 Å². The second-order valence-corrected chi connectivity index (χ2v) is 5.76.